The van der Waals surface area contributed by atoms with E-state index in [9.17, 15) is 9.90 Å². The van der Waals surface area contributed by atoms with Crippen molar-refractivity contribution in [1.82, 2.24) is 10.2 Å². The zero-order valence-electron chi connectivity index (χ0n) is 12.6. The minimum Gasteiger partial charge on any atom is -0.444 e. The van der Waals surface area contributed by atoms with Crippen molar-refractivity contribution in [3.63, 3.8) is 0 Å². The van der Waals surface area contributed by atoms with Gasteiger partial charge in [-0.05, 0) is 47.5 Å². The number of nitrogens with zero attached hydrogens (tertiary/aromatic N) is 1. The molecule has 2 aliphatic heterocycles. The normalized spacial score (nSPS) is 31.5. The molecule has 2 fully saturated rings. The average Bonchev–Trinajstić information content (AvgIpc) is 2.44. The molecular formula is C14H26N2O3. The number of carbonyl (C=O) groups is 1. The fourth-order valence-corrected chi connectivity index (χ4v) is 3.27. The smallest absolute Gasteiger partial charge is 0.411 e. The number of nitrogens with one attached hydrogen (secondary N) is 1. The fraction of sp³-hybridized carbons (Fsp3) is 0.929. The number of hydrogen-bond donors (Lipinski definition) is 2. The summed E-state index contributed by atoms with van der Waals surface area (Å²) < 4.78 is 5.53. The topological polar surface area (TPSA) is 61.8 Å². The van der Waals surface area contributed by atoms with E-state index in [0.29, 0.717) is 6.54 Å². The number of aliphatic hydroxyl groups is 1. The van der Waals surface area contributed by atoms with E-state index in [2.05, 4.69) is 5.32 Å². The van der Waals surface area contributed by atoms with Crippen molar-refractivity contribution in [3.8, 4) is 0 Å². The van der Waals surface area contributed by atoms with Crippen molar-refractivity contribution < 1.29 is 14.6 Å². The average molecular weight is 270 g/mol. The largest absolute Gasteiger partial charge is 0.444 e. The summed E-state index contributed by atoms with van der Waals surface area (Å²) in [6.45, 7) is 10.5. The molecule has 0 aromatic carbocycles. The van der Waals surface area contributed by atoms with Crippen LogP contribution in [0.25, 0.3) is 0 Å². The molecule has 2 bridgehead atoms. The Hall–Kier alpha value is -0.810. The van der Waals surface area contributed by atoms with E-state index in [1.165, 1.54) is 0 Å². The van der Waals surface area contributed by atoms with Crippen molar-refractivity contribution in [1.29, 1.82) is 0 Å². The van der Waals surface area contributed by atoms with Crippen LogP contribution >= 0.6 is 0 Å². The number of carbonyl (C=O) groups excluding carboxylic acids is 1. The third-order valence-electron chi connectivity index (χ3n) is 4.24. The van der Waals surface area contributed by atoms with Crippen LogP contribution in [0.1, 0.15) is 47.5 Å². The van der Waals surface area contributed by atoms with Gasteiger partial charge >= 0.3 is 6.09 Å². The Morgan fingerprint density at radius 2 is 2.00 bits per heavy atom. The van der Waals surface area contributed by atoms with Crippen LogP contribution in [0.4, 0.5) is 4.79 Å². The molecule has 5 heteroatoms. The van der Waals surface area contributed by atoms with Gasteiger partial charge < -0.3 is 15.2 Å². The third kappa shape index (κ3) is 2.46. The van der Waals surface area contributed by atoms with Gasteiger partial charge in [0.15, 0.2) is 0 Å². The molecule has 0 aliphatic carbocycles. The molecular weight excluding hydrogens is 244 g/mol. The van der Waals surface area contributed by atoms with Gasteiger partial charge in [-0.25, -0.2) is 4.79 Å². The van der Waals surface area contributed by atoms with E-state index in [0.717, 1.165) is 19.4 Å². The Balaban J connectivity index is 2.29. The highest BCUT2D eigenvalue weighted by Gasteiger charge is 2.59. The Morgan fingerprint density at radius 3 is 2.53 bits per heavy atom. The number of ether oxygens (including phenoxy) is 1. The molecule has 0 spiro atoms. The van der Waals surface area contributed by atoms with Crippen LogP contribution in [0, 0.1) is 0 Å². The van der Waals surface area contributed by atoms with Gasteiger partial charge in [-0.2, -0.15) is 0 Å². The molecule has 2 aliphatic rings. The number of fused-ring (bicyclic) bond motifs is 2. The third-order valence-corrected chi connectivity index (χ3v) is 4.24. The SMILES string of the molecule is CC(C)(C)OC(=O)N1[C@@H]2CC[C@@]1(C(C)(C)O)CNC2. The summed E-state index contributed by atoms with van der Waals surface area (Å²) in [6.07, 6.45) is 1.42. The maximum absolute atomic E-state index is 12.5. The van der Waals surface area contributed by atoms with Crippen LogP contribution in [-0.4, -0.2) is 52.0 Å². The Kier molecular flexibility index (Phi) is 3.34. The van der Waals surface area contributed by atoms with Crippen molar-refractivity contribution >= 4 is 6.09 Å². The minimum atomic E-state index is -0.952. The molecule has 2 heterocycles. The first-order chi connectivity index (χ1) is 8.57. The van der Waals surface area contributed by atoms with Crippen molar-refractivity contribution in [2.75, 3.05) is 13.1 Å². The molecule has 0 radical (unpaired) electrons. The van der Waals surface area contributed by atoms with E-state index in [-0.39, 0.29) is 12.1 Å². The molecule has 110 valence electrons. The van der Waals surface area contributed by atoms with Gasteiger partial charge in [0.05, 0.1) is 11.1 Å². The molecule has 5 nitrogen and oxygen atoms in total. The van der Waals surface area contributed by atoms with Gasteiger partial charge in [-0.3, -0.25) is 4.90 Å². The summed E-state index contributed by atoms with van der Waals surface area (Å²) in [7, 11) is 0. The molecule has 2 atom stereocenters. The number of amides is 1. The summed E-state index contributed by atoms with van der Waals surface area (Å²) in [6, 6.07) is 0.120. The zero-order valence-corrected chi connectivity index (χ0v) is 12.6. The highest BCUT2D eigenvalue weighted by Crippen LogP contribution is 2.44. The van der Waals surface area contributed by atoms with E-state index in [1.807, 2.05) is 20.8 Å². The molecule has 0 unspecified atom stereocenters. The van der Waals surface area contributed by atoms with E-state index >= 15 is 0 Å². The molecule has 2 N–H and O–H groups in total. The predicted molar refractivity (Wildman–Crippen MR) is 73.0 cm³/mol. The highest BCUT2D eigenvalue weighted by atomic mass is 16.6. The lowest BCUT2D eigenvalue weighted by molar-refractivity contribution is -0.0944. The number of hydrogen-bond acceptors (Lipinski definition) is 4. The standard InChI is InChI=1S/C14H26N2O3/c1-12(2,3)19-11(17)16-10-6-7-14(16,9-15-8-10)13(4,5)18/h10,15,18H,6-9H2,1-5H3/t10-,14+/m1/s1. The maximum atomic E-state index is 12.5. The maximum Gasteiger partial charge on any atom is 0.411 e. The summed E-state index contributed by atoms with van der Waals surface area (Å²) >= 11 is 0. The van der Waals surface area contributed by atoms with E-state index in [1.54, 1.807) is 18.7 Å². The van der Waals surface area contributed by atoms with Crippen LogP contribution < -0.4 is 5.32 Å². The predicted octanol–water partition coefficient (Wildman–Crippen LogP) is 1.50. The molecule has 19 heavy (non-hydrogen) atoms. The first-order valence-corrected chi connectivity index (χ1v) is 7.02. The van der Waals surface area contributed by atoms with Crippen LogP contribution in [-0.2, 0) is 4.74 Å². The Morgan fingerprint density at radius 1 is 1.37 bits per heavy atom. The minimum absolute atomic E-state index is 0.120. The number of piperazine rings is 1. The molecule has 1 amide bonds. The first kappa shape index (κ1) is 14.6. The van der Waals surface area contributed by atoms with E-state index in [4.69, 9.17) is 4.74 Å². The molecule has 2 rings (SSSR count). The van der Waals surface area contributed by atoms with Crippen LogP contribution in [0.5, 0.6) is 0 Å². The van der Waals surface area contributed by atoms with Gasteiger partial charge in [-0.1, -0.05) is 0 Å². The van der Waals surface area contributed by atoms with Gasteiger partial charge in [0.1, 0.15) is 5.60 Å². The Labute approximate surface area is 115 Å². The zero-order chi connectivity index (χ0) is 14.5. The molecule has 0 aromatic rings. The second-order valence-electron chi connectivity index (χ2n) is 7.26. The summed E-state index contributed by atoms with van der Waals surface area (Å²) in [4.78, 5) is 14.3. The first-order valence-electron chi connectivity index (χ1n) is 7.02. The quantitative estimate of drug-likeness (QED) is 0.758. The van der Waals surface area contributed by atoms with Crippen LogP contribution in [0.3, 0.4) is 0 Å². The van der Waals surface area contributed by atoms with Crippen molar-refractivity contribution in [3.05, 3.63) is 0 Å². The highest BCUT2D eigenvalue weighted by molar-refractivity contribution is 5.71. The van der Waals surface area contributed by atoms with Gasteiger partial charge in [0.25, 0.3) is 0 Å². The second-order valence-corrected chi connectivity index (χ2v) is 7.26. The fourth-order valence-electron chi connectivity index (χ4n) is 3.27. The van der Waals surface area contributed by atoms with Gasteiger partial charge in [0.2, 0.25) is 0 Å². The Bertz CT molecular complexity index is 366. The molecule has 0 aromatic heterocycles. The van der Waals surface area contributed by atoms with E-state index < -0.39 is 16.7 Å². The summed E-state index contributed by atoms with van der Waals surface area (Å²) in [5, 5.41) is 13.9. The van der Waals surface area contributed by atoms with Crippen molar-refractivity contribution in [2.24, 2.45) is 0 Å². The van der Waals surface area contributed by atoms with Crippen molar-refractivity contribution in [2.45, 2.75) is 70.2 Å². The summed E-state index contributed by atoms with van der Waals surface area (Å²) in [5.41, 5.74) is -2.02. The van der Waals surface area contributed by atoms with Crippen LogP contribution in [0.2, 0.25) is 0 Å². The second kappa shape index (κ2) is 4.35. The molecule has 0 saturated carbocycles. The van der Waals surface area contributed by atoms with Crippen LogP contribution in [0.15, 0.2) is 0 Å². The monoisotopic (exact) mass is 270 g/mol. The summed E-state index contributed by atoms with van der Waals surface area (Å²) in [5.74, 6) is 0. The lowest BCUT2D eigenvalue weighted by atomic mass is 9.79. The molecule has 2 saturated heterocycles. The van der Waals surface area contributed by atoms with Gasteiger partial charge in [0, 0.05) is 19.1 Å². The number of rotatable bonds is 1. The lowest BCUT2D eigenvalue weighted by Crippen LogP contribution is -2.70. The van der Waals surface area contributed by atoms with Gasteiger partial charge in [-0.15, -0.1) is 0 Å². The lowest BCUT2D eigenvalue weighted by Gasteiger charge is -2.51.